The van der Waals surface area contributed by atoms with Crippen LogP contribution in [0.25, 0.3) is 0 Å². The van der Waals surface area contributed by atoms with E-state index in [2.05, 4.69) is 26.5 Å². The molecule has 150 valence electrons. The molecule has 0 aromatic carbocycles. The van der Waals surface area contributed by atoms with Crippen molar-refractivity contribution < 1.29 is 0 Å². The van der Waals surface area contributed by atoms with Crippen LogP contribution in [0.1, 0.15) is 54.4 Å². The van der Waals surface area contributed by atoms with Crippen LogP contribution in [-0.2, 0) is 0 Å². The number of rotatable bonds is 9. The Kier molecular flexibility index (Phi) is 9.25. The lowest BCUT2D eigenvalue weighted by molar-refractivity contribution is 0.410. The number of hydrogen-bond acceptors (Lipinski definition) is 8. The lowest BCUT2D eigenvalue weighted by Gasteiger charge is -2.27. The van der Waals surface area contributed by atoms with Crippen molar-refractivity contribution in [3.05, 3.63) is 0 Å². The van der Waals surface area contributed by atoms with Crippen molar-refractivity contribution in [3.63, 3.8) is 0 Å². The van der Waals surface area contributed by atoms with Crippen LogP contribution in [0.5, 0.6) is 0 Å². The summed E-state index contributed by atoms with van der Waals surface area (Å²) >= 11 is 0. The lowest BCUT2D eigenvalue weighted by atomic mass is 9.88. The Bertz CT molecular complexity index is 697. The average Bonchev–Trinajstić information content (AvgIpc) is 2.56. The Hall–Kier alpha value is -2.59. The molecule has 27 heavy (non-hydrogen) atoms. The first-order chi connectivity index (χ1) is 11.6. The van der Waals surface area contributed by atoms with Crippen LogP contribution in [0.2, 0.25) is 0 Å². The molecule has 2 atom stereocenters. The molecule has 0 rings (SSSR count). The highest BCUT2D eigenvalue weighted by atomic mass is 35.5. The second-order valence-corrected chi connectivity index (χ2v) is 7.62. The fourth-order valence-electron chi connectivity index (χ4n) is 1.40. The highest BCUT2D eigenvalue weighted by Gasteiger charge is 2.35. The first-order valence-electron chi connectivity index (χ1n) is 8.03. The van der Waals surface area contributed by atoms with Crippen molar-refractivity contribution in [2.45, 2.75) is 76.5 Å². The van der Waals surface area contributed by atoms with Gasteiger partial charge in [-0.05, 0) is 54.4 Å². The minimum absolute atomic E-state index is 0. The van der Waals surface area contributed by atoms with Gasteiger partial charge in [0.05, 0.1) is 12.1 Å². The normalized spacial score (nSPS) is 16.6. The second-order valence-electron chi connectivity index (χ2n) is 7.62. The molecule has 0 heterocycles. The molecule has 10 nitrogen and oxygen atoms in total. The average molecular weight is 397 g/mol. The van der Waals surface area contributed by atoms with Crippen molar-refractivity contribution in [3.8, 4) is 12.1 Å². The fraction of sp³-hybridized carbons (Fsp3) is 0.750. The molecule has 0 aromatic heterocycles. The number of nitrogens with zero attached hydrogens (tertiary/aromatic N) is 6. The summed E-state index contributed by atoms with van der Waals surface area (Å²) in [5.41, 5.74) is 6.73. The van der Waals surface area contributed by atoms with Crippen LogP contribution >= 0.6 is 12.4 Å². The summed E-state index contributed by atoms with van der Waals surface area (Å²) in [7, 11) is 0. The fourth-order valence-corrected chi connectivity index (χ4v) is 1.40. The van der Waals surface area contributed by atoms with Crippen molar-refractivity contribution in [1.82, 2.24) is 0 Å². The first-order valence-corrected chi connectivity index (χ1v) is 8.03. The Morgan fingerprint density at radius 1 is 0.815 bits per heavy atom. The van der Waals surface area contributed by atoms with Gasteiger partial charge in [0.1, 0.15) is 22.7 Å². The van der Waals surface area contributed by atoms with E-state index in [9.17, 15) is 5.26 Å². The van der Waals surface area contributed by atoms with Gasteiger partial charge < -0.3 is 11.5 Å². The Balaban J connectivity index is 0. The molecule has 0 amide bonds. The van der Waals surface area contributed by atoms with Gasteiger partial charge in [0.15, 0.2) is 11.1 Å². The predicted octanol–water partition coefficient (Wildman–Crippen LogP) is 3.09. The van der Waals surface area contributed by atoms with E-state index < -0.39 is 22.2 Å². The number of azo groups is 2. The van der Waals surface area contributed by atoms with Gasteiger partial charge in [-0.15, -0.1) is 12.4 Å². The zero-order valence-corrected chi connectivity index (χ0v) is 17.5. The SMILES string of the molecule is CC(C)(C#N)N=NC(C)(C#N)CCC(C)(N=NC(C)(C)C(=N)N)C(=N)N.Cl. The number of amidine groups is 2. The number of nitrogens with two attached hydrogens (primary N) is 2. The quantitative estimate of drug-likeness (QED) is 0.264. The minimum Gasteiger partial charge on any atom is -0.386 e. The smallest absolute Gasteiger partial charge is 0.164 e. The van der Waals surface area contributed by atoms with E-state index in [-0.39, 0.29) is 36.9 Å². The summed E-state index contributed by atoms with van der Waals surface area (Å²) in [6.07, 6.45) is 0.403. The van der Waals surface area contributed by atoms with E-state index in [1.807, 2.05) is 6.07 Å². The number of nitriles is 2. The van der Waals surface area contributed by atoms with Gasteiger partial charge >= 0.3 is 0 Å². The Morgan fingerprint density at radius 2 is 1.33 bits per heavy atom. The Morgan fingerprint density at radius 3 is 1.70 bits per heavy atom. The molecule has 0 aliphatic rings. The third-order valence-corrected chi connectivity index (χ3v) is 3.89. The standard InChI is InChI=1S/C16H28N10.ClH/c1-13(2,9-17)23-25-15(5,10-18)7-8-16(6,12(21)22)26-24-14(3,4)11(19)20;/h7-8H2,1-6H3,(H3,19,20)(H3,21,22);1H. The predicted molar refractivity (Wildman–Crippen MR) is 106 cm³/mol. The molecular weight excluding hydrogens is 368 g/mol. The molecule has 0 spiro atoms. The molecule has 0 aromatic rings. The van der Waals surface area contributed by atoms with Crippen LogP contribution < -0.4 is 11.5 Å². The summed E-state index contributed by atoms with van der Waals surface area (Å²) in [4.78, 5) is 0. The molecule has 0 radical (unpaired) electrons. The summed E-state index contributed by atoms with van der Waals surface area (Å²) in [6, 6.07) is 4.06. The third-order valence-electron chi connectivity index (χ3n) is 3.89. The van der Waals surface area contributed by atoms with E-state index in [0.29, 0.717) is 0 Å². The maximum atomic E-state index is 9.45. The Labute approximate surface area is 166 Å². The number of halogens is 1. The van der Waals surface area contributed by atoms with Crippen LogP contribution in [0.3, 0.4) is 0 Å². The zero-order valence-electron chi connectivity index (χ0n) is 16.7. The van der Waals surface area contributed by atoms with Gasteiger partial charge in [0, 0.05) is 0 Å². The molecular formula is C16H29ClN10. The first kappa shape index (κ1) is 26.6. The molecule has 0 saturated heterocycles. The van der Waals surface area contributed by atoms with E-state index in [4.69, 9.17) is 27.5 Å². The second kappa shape index (κ2) is 9.38. The molecule has 0 fully saturated rings. The van der Waals surface area contributed by atoms with E-state index in [1.165, 1.54) is 0 Å². The monoisotopic (exact) mass is 396 g/mol. The van der Waals surface area contributed by atoms with Crippen LogP contribution in [-0.4, -0.2) is 33.8 Å². The maximum absolute atomic E-state index is 9.45. The van der Waals surface area contributed by atoms with E-state index in [1.54, 1.807) is 41.5 Å². The van der Waals surface area contributed by atoms with Gasteiger partial charge in [-0.3, -0.25) is 10.8 Å². The van der Waals surface area contributed by atoms with Crippen molar-refractivity contribution in [2.75, 3.05) is 0 Å². The maximum Gasteiger partial charge on any atom is 0.164 e. The topological polar surface area (TPSA) is 197 Å². The minimum atomic E-state index is -1.20. The summed E-state index contributed by atoms with van der Waals surface area (Å²) in [5, 5.41) is 49.9. The zero-order chi connectivity index (χ0) is 20.8. The van der Waals surface area contributed by atoms with Gasteiger partial charge in [-0.25, -0.2) is 0 Å². The van der Waals surface area contributed by atoms with Gasteiger partial charge in [-0.1, -0.05) is 0 Å². The van der Waals surface area contributed by atoms with Crippen molar-refractivity contribution in [2.24, 2.45) is 31.9 Å². The van der Waals surface area contributed by atoms with Crippen LogP contribution in [0.15, 0.2) is 20.5 Å². The molecule has 11 heteroatoms. The van der Waals surface area contributed by atoms with Crippen LogP contribution in [0.4, 0.5) is 0 Å². The van der Waals surface area contributed by atoms with Gasteiger partial charge in [0.2, 0.25) is 0 Å². The van der Waals surface area contributed by atoms with Crippen molar-refractivity contribution in [1.29, 1.82) is 21.3 Å². The molecule has 6 N–H and O–H groups in total. The largest absolute Gasteiger partial charge is 0.386 e. The highest BCUT2D eigenvalue weighted by molar-refractivity contribution is 5.88. The number of nitrogens with one attached hydrogen (secondary N) is 2. The molecule has 2 unspecified atom stereocenters. The summed E-state index contributed by atoms with van der Waals surface area (Å²) < 4.78 is 0. The number of hydrogen-bond donors (Lipinski definition) is 4. The molecule has 0 bridgehead atoms. The van der Waals surface area contributed by atoms with Crippen molar-refractivity contribution >= 4 is 24.1 Å². The van der Waals surface area contributed by atoms with Gasteiger partial charge in [-0.2, -0.15) is 31.0 Å². The molecule has 0 aliphatic carbocycles. The van der Waals surface area contributed by atoms with E-state index >= 15 is 0 Å². The molecule has 0 saturated carbocycles. The highest BCUT2D eigenvalue weighted by Crippen LogP contribution is 2.28. The third kappa shape index (κ3) is 8.09. The summed E-state index contributed by atoms with van der Waals surface area (Å²) in [5.74, 6) is -0.392. The molecule has 0 aliphatic heterocycles. The lowest BCUT2D eigenvalue weighted by Crippen LogP contribution is -2.42. The van der Waals surface area contributed by atoms with E-state index in [0.717, 1.165) is 0 Å². The van der Waals surface area contributed by atoms with Gasteiger partial charge in [0.25, 0.3) is 0 Å². The summed E-state index contributed by atoms with van der Waals surface area (Å²) in [6.45, 7) is 9.62. The van der Waals surface area contributed by atoms with Crippen LogP contribution in [0, 0.1) is 33.5 Å².